The fourth-order valence-electron chi connectivity index (χ4n) is 17.6. The Morgan fingerprint density at radius 1 is 0.206 bits per heavy atom. The molecule has 55 atom stereocenters. The zero-order chi connectivity index (χ0) is 100. The first-order valence-electron chi connectivity index (χ1n) is 43.5. The Balaban J connectivity index is 0.964. The van der Waals surface area contributed by atoms with Gasteiger partial charge >= 0.3 is 0 Å². The van der Waals surface area contributed by atoms with Crippen LogP contribution in [0, 0.1) is 0 Å². The van der Waals surface area contributed by atoms with Crippen molar-refractivity contribution in [2.45, 2.75) is 379 Å². The fraction of sp³-hybridized carbons (Fsp3) is 0.934. The molecule has 0 aromatic rings. The Morgan fingerprint density at radius 3 is 0.875 bits per heavy atom. The van der Waals surface area contributed by atoms with E-state index in [1.807, 2.05) is 0 Å². The Bertz CT molecular complexity index is 3760. The van der Waals surface area contributed by atoms with Gasteiger partial charge in [0.1, 0.15) is 262 Å². The molecule has 11 fully saturated rings. The molecule has 5 amide bonds. The van der Waals surface area contributed by atoms with Crippen LogP contribution in [0.15, 0.2) is 0 Å². The van der Waals surface area contributed by atoms with Gasteiger partial charge < -0.3 is 274 Å². The van der Waals surface area contributed by atoms with Gasteiger partial charge in [0, 0.05) is 34.6 Å². The van der Waals surface area contributed by atoms with Gasteiger partial charge in [-0.2, -0.15) is 0 Å². The number of amides is 5. The molecule has 11 aliphatic heterocycles. The highest BCUT2D eigenvalue weighted by Gasteiger charge is 2.63. The quantitative estimate of drug-likeness (QED) is 0.0280. The van der Waals surface area contributed by atoms with Crippen LogP contribution in [0.1, 0.15) is 41.5 Å². The zero-order valence-electron chi connectivity index (χ0n) is 73.4. The Kier molecular flexibility index (Phi) is 40.1. The molecule has 60 heteroatoms. The van der Waals surface area contributed by atoms with Crippen LogP contribution < -0.4 is 26.6 Å². The van der Waals surface area contributed by atoms with Gasteiger partial charge in [0.05, 0.1) is 72.2 Å². The summed E-state index contributed by atoms with van der Waals surface area (Å²) in [7, 11) is 0. The molecule has 11 rings (SSSR count). The molecular formula is C76H127N5O55. The highest BCUT2D eigenvalue weighted by atomic mass is 16.8. The lowest BCUT2D eigenvalue weighted by atomic mass is 9.93. The van der Waals surface area contributed by atoms with E-state index in [4.69, 9.17) is 99.5 Å². The summed E-state index contributed by atoms with van der Waals surface area (Å²) in [4.78, 5) is 64.8. The first kappa shape index (κ1) is 112. The normalized spacial score (nSPS) is 49.2. The highest BCUT2D eigenvalue weighted by Crippen LogP contribution is 2.42. The van der Waals surface area contributed by atoms with E-state index in [0.29, 0.717) is 0 Å². The summed E-state index contributed by atoms with van der Waals surface area (Å²) in [6.45, 7) is -5.29. The van der Waals surface area contributed by atoms with Crippen LogP contribution in [0.2, 0.25) is 0 Å². The van der Waals surface area contributed by atoms with Gasteiger partial charge in [0.2, 0.25) is 29.5 Å². The van der Waals surface area contributed by atoms with E-state index >= 15 is 0 Å². The smallest absolute Gasteiger partial charge is 0.217 e. The number of aliphatic hydroxyl groups excluding tert-OH is 29. The van der Waals surface area contributed by atoms with Crippen molar-refractivity contribution in [1.29, 1.82) is 0 Å². The summed E-state index contributed by atoms with van der Waals surface area (Å²) in [5, 5.41) is 339. The molecule has 11 aliphatic rings. The van der Waals surface area contributed by atoms with E-state index in [2.05, 4.69) is 26.6 Å². The van der Waals surface area contributed by atoms with E-state index in [-0.39, 0.29) is 0 Å². The van der Waals surface area contributed by atoms with Crippen molar-refractivity contribution in [2.24, 2.45) is 0 Å². The van der Waals surface area contributed by atoms with Crippen LogP contribution in [0.25, 0.3) is 0 Å². The second kappa shape index (κ2) is 48.8. The summed E-state index contributed by atoms with van der Waals surface area (Å²) in [5.41, 5.74) is 0. The minimum atomic E-state index is -2.71. The van der Waals surface area contributed by atoms with Crippen LogP contribution in [0.4, 0.5) is 0 Å². The molecule has 60 nitrogen and oxygen atoms in total. The average Bonchev–Trinajstić information content (AvgIpc) is 0.769. The maximum absolute atomic E-state index is 13.4. The lowest BCUT2D eigenvalue weighted by Crippen LogP contribution is -2.71. The van der Waals surface area contributed by atoms with Crippen LogP contribution in [-0.2, 0) is 123 Å². The van der Waals surface area contributed by atoms with E-state index < -0.39 is 433 Å². The van der Waals surface area contributed by atoms with Crippen molar-refractivity contribution in [1.82, 2.24) is 26.6 Å². The first-order valence-corrected chi connectivity index (χ1v) is 43.5. The van der Waals surface area contributed by atoms with E-state index in [1.54, 1.807) is 0 Å². The van der Waals surface area contributed by atoms with Gasteiger partial charge in [-0.1, -0.05) is 0 Å². The molecule has 0 bridgehead atoms. The number of carbonyl (C=O) groups is 5. The van der Waals surface area contributed by atoms with Crippen molar-refractivity contribution in [2.75, 3.05) is 66.1 Å². The molecule has 11 heterocycles. The topological polar surface area (TPSA) is 926 Å². The molecule has 0 aromatic carbocycles. The van der Waals surface area contributed by atoms with Crippen molar-refractivity contribution in [3.8, 4) is 0 Å². The monoisotopic (exact) mass is 1990 g/mol. The minimum Gasteiger partial charge on any atom is -0.394 e. The third-order valence-corrected chi connectivity index (χ3v) is 24.9. The van der Waals surface area contributed by atoms with Crippen molar-refractivity contribution in [3.63, 3.8) is 0 Å². The summed E-state index contributed by atoms with van der Waals surface area (Å²) in [6.07, 6.45) is -106. The SMILES string of the molecule is CC(=O)N[C@@H]1[C@@H](O)[C@H](O[C@@H]2O[C@H](CO)[C@@H](O[C@@H]3O[C@H](CO[C@H]4O[C@H](CO[C@@H]5O[C@H](CO)[C@@H](O)[C@H](O)[C@H]5NC(C)=O)[C@@H](O)[C@H](O)[C@@H]4O[C@@H]4O[C@H](CO)[C@@H](O[C@@H]5O[C@H](CO)[C@H](O)[C@H](O)[C@H]5O)[C@H](O)[C@H]4NC(C)=O)[C@@H](O)[C@H](O[C@H]4O[C@H](CO)[C@@H](O)[C@H](O)[C@@H]4O[C@@H]4O[C@H](CO)[C@@H](O[C@@H]5O[C@H](CO)[C@H](O)[C@H](O)[C@H]5O)[C@H](O)[C@H]4NC(C)=O)[C@@H]3O)[C@H](O)[C@H]2NC(C)=O)[C@@H](CO[C@H]2O[C@H](C)[C@H](O)[C@H](O)[C@H]2O)O[C@H]1O. The predicted octanol–water partition coefficient (Wildman–Crippen LogP) is -23.2. The Morgan fingerprint density at radius 2 is 0.463 bits per heavy atom. The van der Waals surface area contributed by atoms with Gasteiger partial charge in [-0.05, 0) is 6.92 Å². The third-order valence-electron chi connectivity index (χ3n) is 24.9. The molecule has 0 unspecified atom stereocenters. The van der Waals surface area contributed by atoms with Crippen molar-refractivity contribution in [3.05, 3.63) is 0 Å². The maximum atomic E-state index is 13.4. The molecule has 0 spiro atoms. The Hall–Kier alpha value is -4.65. The zero-order valence-corrected chi connectivity index (χ0v) is 73.4. The molecule has 0 aliphatic carbocycles. The number of rotatable bonds is 35. The second-order valence-electron chi connectivity index (χ2n) is 34.6. The number of hydrogen-bond acceptors (Lipinski definition) is 55. The first-order chi connectivity index (χ1) is 64.3. The number of hydrogen-bond donors (Lipinski definition) is 34. The number of ether oxygens (including phenoxy) is 21. The van der Waals surface area contributed by atoms with Gasteiger partial charge in [0.15, 0.2) is 69.2 Å². The molecule has 0 aromatic heterocycles. The molecule has 0 radical (unpaired) electrons. The average molecular weight is 1990 g/mol. The number of aliphatic hydroxyl groups is 29. The van der Waals surface area contributed by atoms with Crippen LogP contribution in [-0.4, -0.2) is 581 Å². The number of nitrogens with one attached hydrogen (secondary N) is 5. The fourth-order valence-corrected chi connectivity index (χ4v) is 17.6. The van der Waals surface area contributed by atoms with E-state index in [0.717, 1.165) is 34.6 Å². The van der Waals surface area contributed by atoms with Gasteiger partial charge in [-0.25, -0.2) is 0 Å². The molecular weight excluding hydrogens is 1860 g/mol. The van der Waals surface area contributed by atoms with Crippen molar-refractivity contribution >= 4 is 29.5 Å². The van der Waals surface area contributed by atoms with E-state index in [1.165, 1.54) is 6.92 Å². The summed E-state index contributed by atoms with van der Waals surface area (Å²) in [5.74, 6) is -4.76. The molecule has 11 saturated heterocycles. The summed E-state index contributed by atoms with van der Waals surface area (Å²) in [6, 6.07) is -9.64. The third kappa shape index (κ3) is 24.9. The predicted molar refractivity (Wildman–Crippen MR) is 419 cm³/mol. The van der Waals surface area contributed by atoms with Crippen LogP contribution in [0.5, 0.6) is 0 Å². The molecule has 786 valence electrons. The van der Waals surface area contributed by atoms with Crippen LogP contribution >= 0.6 is 0 Å². The van der Waals surface area contributed by atoms with Gasteiger partial charge in [-0.3, -0.25) is 24.0 Å². The second-order valence-corrected chi connectivity index (χ2v) is 34.6. The van der Waals surface area contributed by atoms with Crippen LogP contribution in [0.3, 0.4) is 0 Å². The summed E-state index contributed by atoms with van der Waals surface area (Å²) < 4.78 is 126. The molecule has 136 heavy (non-hydrogen) atoms. The van der Waals surface area contributed by atoms with E-state index in [9.17, 15) is 172 Å². The standard InChI is InChI=1S/C76H127N5O55/c1-17-38(94)50(106)55(111)71(119-17)117-16-32-62(46(102)33(66(115)120-32)77-18(2)89)130-68-35(79-20(4)91)47(103)61(29(13-88)125-68)133-74-58(114)63(134-76-65(53(109)42(98)26(10-85)124-76)136-70-37(81-22(6)93)49(105)60(28(12-87)127-70)132-73-57(113)52(108)41(97)25(9-84)123-73)44(100)31(128-74)15-118-75-64(54(110)43(99)30(129-75)14-116-67-34(78-19(3)90)45(101)39(95)23(7-82)121-67)135-69-36(80-21(5)92)48(104)59(27(11-86)126-69)131-72-56(112)51(107)40(96)24(8-83)122-72/h17,23-76,82-88,94-115H,7-16H2,1-6H3,(H,77,89)(H,78,90)(H,79,91)(H,80,92)(H,81,93)/t17-,23-,24-,25-,26-,27-,28-,29-,30-,31-,32-,33-,34-,35-,36-,37-,38+,39-,40+,41+,42-,43-,44-,45-,46-,47-,48-,49-,50+,51+,52+,53+,54+,55-,56-,57-,58+,59-,60-,61-,62-,63+,64+,65+,66-,67-,68+,69+,70+,71+,72+,73+,74+,75+,76-/m1/s1. The molecule has 0 saturated carbocycles. The Labute approximate surface area is 770 Å². The van der Waals surface area contributed by atoms with Gasteiger partial charge in [0.25, 0.3) is 0 Å². The highest BCUT2D eigenvalue weighted by molar-refractivity contribution is 5.75. The maximum Gasteiger partial charge on any atom is 0.217 e. The van der Waals surface area contributed by atoms with Gasteiger partial charge in [-0.15, -0.1) is 0 Å². The minimum absolute atomic E-state index is 0.849. The lowest BCUT2D eigenvalue weighted by molar-refractivity contribution is -0.399. The molecule has 34 N–H and O–H groups in total. The lowest BCUT2D eigenvalue weighted by Gasteiger charge is -2.51. The van der Waals surface area contributed by atoms with Crippen molar-refractivity contribution < 1.29 is 272 Å². The largest absolute Gasteiger partial charge is 0.394 e. The summed E-state index contributed by atoms with van der Waals surface area (Å²) >= 11 is 0. The number of carbonyl (C=O) groups excluding carboxylic acids is 5.